The molecule has 0 aliphatic heterocycles. The number of hydrogen-bond acceptors (Lipinski definition) is 6. The number of nitrogens with zero attached hydrogens (tertiary/aromatic N) is 3. The van der Waals surface area contributed by atoms with Gasteiger partial charge in [-0.3, -0.25) is 9.59 Å². The van der Waals surface area contributed by atoms with E-state index in [2.05, 4.69) is 53.9 Å². The monoisotopic (exact) mass is 706 g/mol. The summed E-state index contributed by atoms with van der Waals surface area (Å²) in [5.41, 5.74) is 1.50. The van der Waals surface area contributed by atoms with Crippen molar-refractivity contribution in [3.05, 3.63) is 90.2 Å². The summed E-state index contributed by atoms with van der Waals surface area (Å²) in [4.78, 5) is 30.3. The number of aromatic nitrogens is 2. The van der Waals surface area contributed by atoms with E-state index in [1.807, 2.05) is 32.0 Å². The standard InChI is InChI=1S/C28H25BrFIN4O4/c1-3-5-25-34-23-11-6-18(29)14-21(23)28(37)35(25)32-15-17-12-22(31)27(24(13-17)38-4-2)39-16-26(36)33-20-9-7-19(30)8-10-20/h6-15H,3-5,16H2,1-2H3,(H,33,36). The first-order chi connectivity index (χ1) is 18.8. The van der Waals surface area contributed by atoms with Crippen LogP contribution in [0.2, 0.25) is 0 Å². The van der Waals surface area contributed by atoms with E-state index in [0.717, 1.165) is 10.9 Å². The quantitative estimate of drug-likeness (QED) is 0.158. The van der Waals surface area contributed by atoms with Crippen molar-refractivity contribution in [1.29, 1.82) is 0 Å². The summed E-state index contributed by atoms with van der Waals surface area (Å²) in [5, 5.41) is 7.61. The summed E-state index contributed by atoms with van der Waals surface area (Å²) >= 11 is 5.51. The topological polar surface area (TPSA) is 94.8 Å². The zero-order valence-corrected chi connectivity index (χ0v) is 25.0. The summed E-state index contributed by atoms with van der Waals surface area (Å²) < 4.78 is 27.5. The highest BCUT2D eigenvalue weighted by Crippen LogP contribution is 2.34. The zero-order chi connectivity index (χ0) is 27.9. The van der Waals surface area contributed by atoms with Gasteiger partial charge >= 0.3 is 0 Å². The van der Waals surface area contributed by atoms with Crippen molar-refractivity contribution in [2.45, 2.75) is 26.7 Å². The van der Waals surface area contributed by atoms with Crippen molar-refractivity contribution in [3.8, 4) is 11.5 Å². The van der Waals surface area contributed by atoms with Gasteiger partial charge in [0.05, 0.1) is 27.3 Å². The summed E-state index contributed by atoms with van der Waals surface area (Å²) in [6, 6.07) is 14.4. The Bertz CT molecular complexity index is 1590. The van der Waals surface area contributed by atoms with Crippen LogP contribution < -0.4 is 20.3 Å². The lowest BCUT2D eigenvalue weighted by Crippen LogP contribution is -2.22. The fraction of sp³-hybridized carbons (Fsp3) is 0.214. The van der Waals surface area contributed by atoms with Crippen molar-refractivity contribution in [2.24, 2.45) is 5.10 Å². The molecule has 11 heteroatoms. The molecule has 0 atom stereocenters. The van der Waals surface area contributed by atoms with Crippen molar-refractivity contribution in [3.63, 3.8) is 0 Å². The van der Waals surface area contributed by atoms with Crippen molar-refractivity contribution in [1.82, 2.24) is 9.66 Å². The first-order valence-electron chi connectivity index (χ1n) is 12.2. The smallest absolute Gasteiger partial charge is 0.282 e. The zero-order valence-electron chi connectivity index (χ0n) is 21.2. The summed E-state index contributed by atoms with van der Waals surface area (Å²) in [5.74, 6) is 0.622. The Hall–Kier alpha value is -3.32. The lowest BCUT2D eigenvalue weighted by molar-refractivity contribution is -0.118. The molecule has 4 aromatic rings. The average molecular weight is 707 g/mol. The van der Waals surface area contributed by atoms with Crippen LogP contribution in [0.3, 0.4) is 0 Å². The van der Waals surface area contributed by atoms with Crippen molar-refractivity contribution in [2.75, 3.05) is 18.5 Å². The molecule has 1 aromatic heterocycles. The number of halogens is 3. The fourth-order valence-electron chi connectivity index (χ4n) is 3.76. The van der Waals surface area contributed by atoms with E-state index in [0.29, 0.717) is 56.1 Å². The predicted octanol–water partition coefficient (Wildman–Crippen LogP) is 6.15. The Morgan fingerprint density at radius 1 is 1.15 bits per heavy atom. The van der Waals surface area contributed by atoms with Crippen molar-refractivity contribution < 1.29 is 18.7 Å². The van der Waals surface area contributed by atoms with Crippen LogP contribution in [0.1, 0.15) is 31.7 Å². The maximum absolute atomic E-state index is 13.3. The molecule has 1 heterocycles. The number of benzene rings is 3. The van der Waals surface area contributed by atoms with Gasteiger partial charge in [-0.2, -0.15) is 9.78 Å². The van der Waals surface area contributed by atoms with Crippen LogP contribution in [0.5, 0.6) is 11.5 Å². The lowest BCUT2D eigenvalue weighted by Gasteiger charge is -2.15. The average Bonchev–Trinajstić information content (AvgIpc) is 2.90. The minimum Gasteiger partial charge on any atom is -0.490 e. The molecule has 202 valence electrons. The van der Waals surface area contributed by atoms with Crippen LogP contribution in [0, 0.1) is 9.39 Å². The van der Waals surface area contributed by atoms with Crippen LogP contribution in [0.25, 0.3) is 10.9 Å². The van der Waals surface area contributed by atoms with Crippen LogP contribution >= 0.6 is 38.5 Å². The molecule has 0 saturated carbocycles. The molecule has 39 heavy (non-hydrogen) atoms. The highest BCUT2D eigenvalue weighted by atomic mass is 127. The summed E-state index contributed by atoms with van der Waals surface area (Å²) in [6.07, 6.45) is 2.96. The molecule has 3 aromatic carbocycles. The Morgan fingerprint density at radius 2 is 1.92 bits per heavy atom. The van der Waals surface area contributed by atoms with Crippen LogP contribution in [0.15, 0.2) is 69.0 Å². The van der Waals surface area contributed by atoms with Gasteiger partial charge < -0.3 is 14.8 Å². The van der Waals surface area contributed by atoms with Gasteiger partial charge in [0, 0.05) is 16.6 Å². The second-order valence-corrected chi connectivity index (χ2v) is 10.5. The SMILES string of the molecule is CCCc1nc2ccc(Br)cc2c(=O)n1N=Cc1cc(I)c(OCC(=O)Nc2ccc(F)cc2)c(OCC)c1. The molecule has 4 rings (SSSR count). The second-order valence-electron chi connectivity index (χ2n) is 8.41. The molecule has 0 fully saturated rings. The molecule has 0 saturated heterocycles. The van der Waals surface area contributed by atoms with E-state index in [4.69, 9.17) is 9.47 Å². The first-order valence-corrected chi connectivity index (χ1v) is 14.1. The Kier molecular flexibility index (Phi) is 9.68. The summed E-state index contributed by atoms with van der Waals surface area (Å²) in [7, 11) is 0. The van der Waals surface area contributed by atoms with Gasteiger partial charge in [-0.15, -0.1) is 0 Å². The van der Waals surface area contributed by atoms with Gasteiger partial charge in [0.15, 0.2) is 18.1 Å². The van der Waals surface area contributed by atoms with E-state index in [1.165, 1.54) is 28.9 Å². The van der Waals surface area contributed by atoms with E-state index < -0.39 is 5.91 Å². The number of ether oxygens (including phenoxy) is 2. The van der Waals surface area contributed by atoms with Crippen molar-refractivity contribution >= 4 is 67.2 Å². The van der Waals surface area contributed by atoms with E-state index in [1.54, 1.807) is 18.3 Å². The lowest BCUT2D eigenvalue weighted by atomic mass is 10.2. The van der Waals surface area contributed by atoms with Gasteiger partial charge in [0.2, 0.25) is 0 Å². The molecular weight excluding hydrogens is 682 g/mol. The number of aryl methyl sites for hydroxylation is 1. The van der Waals surface area contributed by atoms with E-state index in [-0.39, 0.29) is 18.0 Å². The fourth-order valence-corrected chi connectivity index (χ4v) is 4.90. The molecule has 1 amide bonds. The van der Waals surface area contributed by atoms with Crippen LogP contribution in [-0.4, -0.2) is 35.0 Å². The maximum atomic E-state index is 13.3. The third-order valence-electron chi connectivity index (χ3n) is 5.48. The molecule has 0 aliphatic carbocycles. The van der Waals surface area contributed by atoms with Crippen LogP contribution in [-0.2, 0) is 11.2 Å². The number of hydrogen-bond donors (Lipinski definition) is 1. The van der Waals surface area contributed by atoms with Gasteiger partial charge in [-0.1, -0.05) is 22.9 Å². The minimum atomic E-state index is -0.399. The molecule has 0 unspecified atom stereocenters. The van der Waals surface area contributed by atoms with E-state index >= 15 is 0 Å². The Labute approximate surface area is 246 Å². The highest BCUT2D eigenvalue weighted by molar-refractivity contribution is 14.1. The van der Waals surface area contributed by atoms with Gasteiger partial charge in [0.1, 0.15) is 11.6 Å². The van der Waals surface area contributed by atoms with Crippen LogP contribution in [0.4, 0.5) is 10.1 Å². The molecule has 8 nitrogen and oxygen atoms in total. The number of fused-ring (bicyclic) bond motifs is 1. The molecule has 0 radical (unpaired) electrons. The molecule has 1 N–H and O–H groups in total. The number of nitrogens with one attached hydrogen (secondary N) is 1. The van der Waals surface area contributed by atoms with Gasteiger partial charge in [-0.25, -0.2) is 9.37 Å². The number of amides is 1. The Balaban J connectivity index is 1.59. The number of carbonyl (C=O) groups is 1. The number of rotatable bonds is 10. The first kappa shape index (κ1) is 28.7. The largest absolute Gasteiger partial charge is 0.490 e. The number of anilines is 1. The minimum absolute atomic E-state index is 0.257. The van der Waals surface area contributed by atoms with Gasteiger partial charge in [0.25, 0.3) is 11.5 Å². The second kappa shape index (κ2) is 13.2. The third kappa shape index (κ3) is 7.21. The predicted molar refractivity (Wildman–Crippen MR) is 162 cm³/mol. The number of carbonyl (C=O) groups excluding carboxylic acids is 1. The highest BCUT2D eigenvalue weighted by Gasteiger charge is 2.15. The molecule has 0 aliphatic rings. The Morgan fingerprint density at radius 3 is 2.64 bits per heavy atom. The van der Waals surface area contributed by atoms with E-state index in [9.17, 15) is 14.0 Å². The third-order valence-corrected chi connectivity index (χ3v) is 6.77. The maximum Gasteiger partial charge on any atom is 0.282 e. The molecular formula is C28H25BrFIN4O4. The van der Waals surface area contributed by atoms with Gasteiger partial charge in [-0.05, 0) is 96.1 Å². The normalized spacial score (nSPS) is 11.2. The molecule has 0 bridgehead atoms. The molecule has 0 spiro atoms. The summed E-state index contributed by atoms with van der Waals surface area (Å²) in [6.45, 7) is 3.96.